The maximum atomic E-state index is 12.3. The number of thiophene rings is 2. The molecule has 0 saturated carbocycles. The van der Waals surface area contributed by atoms with E-state index in [9.17, 15) is 4.79 Å². The van der Waals surface area contributed by atoms with Gasteiger partial charge in [-0.15, -0.1) is 22.7 Å². The molecule has 0 unspecified atom stereocenters. The van der Waals surface area contributed by atoms with Crippen LogP contribution in [0.4, 0.5) is 0 Å². The number of hydrogen-bond acceptors (Lipinski definition) is 4. The van der Waals surface area contributed by atoms with E-state index in [-0.39, 0.29) is 5.91 Å². The zero-order valence-electron chi connectivity index (χ0n) is 12.7. The molecular weight excluding hydrogens is 348 g/mol. The van der Waals surface area contributed by atoms with E-state index in [0.717, 1.165) is 21.4 Å². The number of carbonyl (C=O) groups excluding carboxylic acids is 1. The SMILES string of the molecule is CCc1ccc2c(Cl)c(C(=O)NN=Cc3ccc(C)s3)sc2c1. The molecule has 0 radical (unpaired) electrons. The Balaban J connectivity index is 1.80. The Hall–Kier alpha value is -1.69. The second-order valence-corrected chi connectivity index (χ2v) is 7.83. The molecule has 3 rings (SSSR count). The fourth-order valence-corrected chi connectivity index (χ4v) is 4.42. The van der Waals surface area contributed by atoms with E-state index in [0.29, 0.717) is 9.90 Å². The minimum Gasteiger partial charge on any atom is -0.266 e. The van der Waals surface area contributed by atoms with Crippen LogP contribution in [0.25, 0.3) is 10.1 Å². The summed E-state index contributed by atoms with van der Waals surface area (Å²) >= 11 is 9.37. The molecule has 0 aliphatic rings. The number of hydrazone groups is 1. The summed E-state index contributed by atoms with van der Waals surface area (Å²) in [6.07, 6.45) is 2.60. The van der Waals surface area contributed by atoms with Gasteiger partial charge in [-0.1, -0.05) is 30.7 Å². The number of hydrogen-bond donors (Lipinski definition) is 1. The van der Waals surface area contributed by atoms with Gasteiger partial charge in [0.2, 0.25) is 0 Å². The molecule has 118 valence electrons. The largest absolute Gasteiger partial charge is 0.283 e. The molecule has 3 aromatic rings. The minimum absolute atomic E-state index is 0.279. The molecule has 2 heterocycles. The van der Waals surface area contributed by atoms with E-state index in [1.54, 1.807) is 17.6 Å². The highest BCUT2D eigenvalue weighted by atomic mass is 35.5. The number of rotatable bonds is 4. The summed E-state index contributed by atoms with van der Waals surface area (Å²) in [4.78, 5) is 15.0. The fourth-order valence-electron chi connectivity index (χ4n) is 2.20. The first kappa shape index (κ1) is 16.2. The number of amides is 1. The van der Waals surface area contributed by atoms with Crippen molar-refractivity contribution in [3.05, 3.63) is 55.5 Å². The number of aryl methyl sites for hydroxylation is 2. The highest BCUT2D eigenvalue weighted by molar-refractivity contribution is 7.21. The van der Waals surface area contributed by atoms with Crippen LogP contribution in [0.2, 0.25) is 5.02 Å². The van der Waals surface area contributed by atoms with Crippen LogP contribution in [0, 0.1) is 6.92 Å². The lowest BCUT2D eigenvalue weighted by Crippen LogP contribution is -2.16. The number of benzene rings is 1. The third kappa shape index (κ3) is 3.47. The summed E-state index contributed by atoms with van der Waals surface area (Å²) in [6, 6.07) is 10.1. The molecule has 0 atom stereocenters. The molecule has 0 fully saturated rings. The van der Waals surface area contributed by atoms with Gasteiger partial charge in [-0.2, -0.15) is 5.10 Å². The maximum Gasteiger partial charge on any atom is 0.283 e. The van der Waals surface area contributed by atoms with Gasteiger partial charge in [0, 0.05) is 19.8 Å². The molecule has 6 heteroatoms. The van der Waals surface area contributed by atoms with E-state index >= 15 is 0 Å². The van der Waals surface area contributed by atoms with E-state index in [4.69, 9.17) is 11.6 Å². The van der Waals surface area contributed by atoms with Crippen LogP contribution in [-0.4, -0.2) is 12.1 Å². The second-order valence-electron chi connectivity index (χ2n) is 5.08. The van der Waals surface area contributed by atoms with E-state index in [1.165, 1.54) is 21.8 Å². The van der Waals surface area contributed by atoms with E-state index < -0.39 is 0 Å². The first-order valence-electron chi connectivity index (χ1n) is 7.19. The molecule has 23 heavy (non-hydrogen) atoms. The average molecular weight is 363 g/mol. The van der Waals surface area contributed by atoms with E-state index in [1.807, 2.05) is 31.2 Å². The smallest absolute Gasteiger partial charge is 0.266 e. The van der Waals surface area contributed by atoms with Crippen LogP contribution >= 0.6 is 34.3 Å². The van der Waals surface area contributed by atoms with E-state index in [2.05, 4.69) is 23.5 Å². The van der Waals surface area contributed by atoms with Crippen molar-refractivity contribution in [2.45, 2.75) is 20.3 Å². The molecule has 0 aliphatic carbocycles. The van der Waals surface area contributed by atoms with Crippen molar-refractivity contribution in [2.24, 2.45) is 5.10 Å². The highest BCUT2D eigenvalue weighted by Crippen LogP contribution is 2.35. The Kier molecular flexibility index (Phi) is 4.80. The summed E-state index contributed by atoms with van der Waals surface area (Å²) in [6.45, 7) is 4.13. The Morgan fingerprint density at radius 2 is 2.13 bits per heavy atom. The van der Waals surface area contributed by atoms with Gasteiger partial charge in [0.05, 0.1) is 11.2 Å². The summed E-state index contributed by atoms with van der Waals surface area (Å²) in [5.41, 5.74) is 3.78. The molecule has 0 aliphatic heterocycles. The van der Waals surface area contributed by atoms with Crippen molar-refractivity contribution in [1.82, 2.24) is 5.43 Å². The lowest BCUT2D eigenvalue weighted by Gasteiger charge is -1.96. The zero-order valence-corrected chi connectivity index (χ0v) is 15.1. The normalized spacial score (nSPS) is 11.4. The van der Waals surface area contributed by atoms with Crippen molar-refractivity contribution in [3.63, 3.8) is 0 Å². The van der Waals surface area contributed by atoms with Crippen LogP contribution in [-0.2, 0) is 6.42 Å². The van der Waals surface area contributed by atoms with Crippen molar-refractivity contribution in [1.29, 1.82) is 0 Å². The monoisotopic (exact) mass is 362 g/mol. The maximum absolute atomic E-state index is 12.3. The zero-order chi connectivity index (χ0) is 16.4. The number of halogens is 1. The minimum atomic E-state index is -0.279. The lowest BCUT2D eigenvalue weighted by molar-refractivity contribution is 0.0959. The van der Waals surface area contributed by atoms with Crippen LogP contribution in [0.3, 0.4) is 0 Å². The van der Waals surface area contributed by atoms with Crippen LogP contribution < -0.4 is 5.43 Å². The van der Waals surface area contributed by atoms with Gasteiger partial charge in [0.1, 0.15) is 4.88 Å². The molecule has 2 aromatic heterocycles. The topological polar surface area (TPSA) is 41.5 Å². The van der Waals surface area contributed by atoms with Gasteiger partial charge in [0.15, 0.2) is 0 Å². The third-order valence-electron chi connectivity index (χ3n) is 3.43. The van der Waals surface area contributed by atoms with Gasteiger partial charge in [0.25, 0.3) is 5.91 Å². The Morgan fingerprint density at radius 1 is 1.30 bits per heavy atom. The molecule has 1 N–H and O–H groups in total. The van der Waals surface area contributed by atoms with Crippen LogP contribution in [0.1, 0.15) is 31.9 Å². The molecule has 1 amide bonds. The molecular formula is C17H15ClN2OS2. The second kappa shape index (κ2) is 6.83. The van der Waals surface area contributed by atoms with Gasteiger partial charge in [-0.3, -0.25) is 4.79 Å². The van der Waals surface area contributed by atoms with Crippen LogP contribution in [0.5, 0.6) is 0 Å². The van der Waals surface area contributed by atoms with Gasteiger partial charge in [-0.05, 0) is 37.1 Å². The molecule has 3 nitrogen and oxygen atoms in total. The average Bonchev–Trinajstić information content (AvgIpc) is 3.10. The summed E-state index contributed by atoms with van der Waals surface area (Å²) in [5.74, 6) is -0.279. The highest BCUT2D eigenvalue weighted by Gasteiger charge is 2.16. The Morgan fingerprint density at radius 3 is 2.83 bits per heavy atom. The van der Waals surface area contributed by atoms with Crippen molar-refractivity contribution in [3.8, 4) is 0 Å². The summed E-state index contributed by atoms with van der Waals surface area (Å²) < 4.78 is 1.03. The van der Waals surface area contributed by atoms with Gasteiger partial charge >= 0.3 is 0 Å². The van der Waals surface area contributed by atoms with Gasteiger partial charge in [-0.25, -0.2) is 5.43 Å². The molecule has 0 saturated heterocycles. The molecule has 0 bridgehead atoms. The number of nitrogens with zero attached hydrogens (tertiary/aromatic N) is 1. The van der Waals surface area contributed by atoms with Crippen molar-refractivity contribution >= 4 is 56.5 Å². The Bertz CT molecular complexity index is 895. The standard InChI is InChI=1S/C17H15ClN2OS2/c1-3-11-5-7-13-14(8-11)23-16(15(13)18)17(21)20-19-9-12-6-4-10(2)22-12/h4-9H,3H2,1-2H3,(H,20,21). The third-order valence-corrected chi connectivity index (χ3v) is 6.02. The number of fused-ring (bicyclic) bond motifs is 1. The Labute approximate surface area is 147 Å². The fraction of sp³-hybridized carbons (Fsp3) is 0.176. The number of nitrogens with one attached hydrogen (secondary N) is 1. The van der Waals surface area contributed by atoms with Gasteiger partial charge < -0.3 is 0 Å². The van der Waals surface area contributed by atoms with Crippen molar-refractivity contribution < 1.29 is 4.79 Å². The number of carbonyl (C=O) groups is 1. The predicted molar refractivity (Wildman–Crippen MR) is 100 cm³/mol. The quantitative estimate of drug-likeness (QED) is 0.499. The van der Waals surface area contributed by atoms with Crippen molar-refractivity contribution in [2.75, 3.05) is 0 Å². The first-order valence-corrected chi connectivity index (χ1v) is 9.20. The molecule has 1 aromatic carbocycles. The lowest BCUT2D eigenvalue weighted by atomic mass is 10.1. The summed E-state index contributed by atoms with van der Waals surface area (Å²) in [7, 11) is 0. The molecule has 0 spiro atoms. The first-order chi connectivity index (χ1) is 11.1. The summed E-state index contributed by atoms with van der Waals surface area (Å²) in [5, 5.41) is 5.42. The predicted octanol–water partition coefficient (Wildman–Crippen LogP) is 5.25. The van der Waals surface area contributed by atoms with Crippen LogP contribution in [0.15, 0.2) is 35.4 Å².